The van der Waals surface area contributed by atoms with Crippen LogP contribution >= 0.6 is 11.6 Å². The van der Waals surface area contributed by atoms with Crippen LogP contribution in [0, 0.1) is 0 Å². The number of para-hydroxylation sites is 1. The summed E-state index contributed by atoms with van der Waals surface area (Å²) in [6.07, 6.45) is 0.318. The second kappa shape index (κ2) is 6.78. The number of carbonyl (C=O) groups excluding carboxylic acids is 1. The van der Waals surface area contributed by atoms with Crippen molar-refractivity contribution in [1.29, 1.82) is 0 Å². The molecule has 1 rings (SSSR count). The van der Waals surface area contributed by atoms with Gasteiger partial charge in [-0.1, -0.05) is 23.7 Å². The van der Waals surface area contributed by atoms with Gasteiger partial charge in [-0.15, -0.1) is 0 Å². The topological polar surface area (TPSA) is 67.2 Å². The lowest BCUT2D eigenvalue weighted by atomic mass is 10.1. The van der Waals surface area contributed by atoms with Crippen molar-refractivity contribution in [2.75, 3.05) is 11.9 Å². The zero-order valence-corrected chi connectivity index (χ0v) is 12.4. The number of halogens is 1. The highest BCUT2D eigenvalue weighted by atomic mass is 35.5. The summed E-state index contributed by atoms with van der Waals surface area (Å²) in [5, 5.41) is 6.74. The summed E-state index contributed by atoms with van der Waals surface area (Å²) in [4.78, 5) is 11.9. The lowest BCUT2D eigenvalue weighted by Gasteiger charge is -2.23. The molecule has 0 aromatic heterocycles. The second-order valence-corrected chi connectivity index (χ2v) is 5.97. The van der Waals surface area contributed by atoms with Crippen LogP contribution < -0.4 is 16.4 Å². The van der Waals surface area contributed by atoms with Crippen LogP contribution in [0.1, 0.15) is 27.2 Å². The molecule has 0 aliphatic carbocycles. The minimum atomic E-state index is -0.235. The molecule has 4 nitrogen and oxygen atoms in total. The van der Waals surface area contributed by atoms with Crippen LogP contribution in [0.5, 0.6) is 0 Å². The number of nitrogens with one attached hydrogen (secondary N) is 2. The number of carbonyl (C=O) groups is 1. The Kier molecular flexibility index (Phi) is 5.63. The van der Waals surface area contributed by atoms with Gasteiger partial charge in [0.05, 0.1) is 10.7 Å². The SMILES string of the molecule is CC(C)(C)NC(=O)CC(CN)Nc1ccccc1Cl. The van der Waals surface area contributed by atoms with E-state index >= 15 is 0 Å². The Morgan fingerprint density at radius 3 is 2.53 bits per heavy atom. The van der Waals surface area contributed by atoms with Crippen molar-refractivity contribution in [3.8, 4) is 0 Å². The van der Waals surface area contributed by atoms with E-state index in [-0.39, 0.29) is 17.5 Å². The standard InChI is InChI=1S/C14H22ClN3O/c1-14(2,3)18-13(19)8-10(9-16)17-12-7-5-4-6-11(12)15/h4-7,10,17H,8-9,16H2,1-3H3,(H,18,19). The van der Waals surface area contributed by atoms with Crippen LogP contribution in [0.2, 0.25) is 5.02 Å². The maximum Gasteiger partial charge on any atom is 0.222 e. The maximum absolute atomic E-state index is 11.9. The molecule has 106 valence electrons. The predicted octanol–water partition coefficient (Wildman–Crippen LogP) is 2.38. The van der Waals surface area contributed by atoms with Crippen LogP contribution in [0.4, 0.5) is 5.69 Å². The molecule has 0 bridgehead atoms. The third-order valence-corrected chi connectivity index (χ3v) is 2.79. The Balaban J connectivity index is 2.60. The number of amides is 1. The van der Waals surface area contributed by atoms with Gasteiger partial charge in [-0.2, -0.15) is 0 Å². The first-order valence-electron chi connectivity index (χ1n) is 6.34. The fourth-order valence-electron chi connectivity index (χ4n) is 1.68. The first kappa shape index (κ1) is 15.8. The van der Waals surface area contributed by atoms with Gasteiger partial charge in [0.15, 0.2) is 0 Å². The molecule has 0 radical (unpaired) electrons. The average molecular weight is 284 g/mol. The Morgan fingerprint density at radius 2 is 2.00 bits per heavy atom. The molecule has 5 heteroatoms. The van der Waals surface area contributed by atoms with E-state index in [1.54, 1.807) is 6.07 Å². The summed E-state index contributed by atoms with van der Waals surface area (Å²) >= 11 is 6.06. The van der Waals surface area contributed by atoms with Gasteiger partial charge in [0.25, 0.3) is 0 Å². The van der Waals surface area contributed by atoms with Crippen molar-refractivity contribution < 1.29 is 4.79 Å². The normalized spacial score (nSPS) is 12.9. The highest BCUT2D eigenvalue weighted by Crippen LogP contribution is 2.21. The van der Waals surface area contributed by atoms with E-state index in [4.69, 9.17) is 17.3 Å². The Morgan fingerprint density at radius 1 is 1.37 bits per heavy atom. The minimum Gasteiger partial charge on any atom is -0.379 e. The summed E-state index contributed by atoms with van der Waals surface area (Å²) in [5.41, 5.74) is 6.26. The number of nitrogens with two attached hydrogens (primary N) is 1. The molecular weight excluding hydrogens is 262 g/mol. The summed E-state index contributed by atoms with van der Waals surface area (Å²) in [7, 11) is 0. The third kappa shape index (κ3) is 5.94. The number of anilines is 1. The van der Waals surface area contributed by atoms with Gasteiger partial charge in [-0.3, -0.25) is 4.79 Å². The average Bonchev–Trinajstić information content (AvgIpc) is 2.28. The van der Waals surface area contributed by atoms with Crippen LogP contribution in [0.15, 0.2) is 24.3 Å². The number of benzene rings is 1. The molecule has 1 aromatic rings. The van der Waals surface area contributed by atoms with Gasteiger partial charge >= 0.3 is 0 Å². The van der Waals surface area contributed by atoms with Gasteiger partial charge in [0.1, 0.15) is 0 Å². The minimum absolute atomic E-state index is 0.0255. The molecule has 0 heterocycles. The number of hydrogen-bond donors (Lipinski definition) is 3. The molecular formula is C14H22ClN3O. The third-order valence-electron chi connectivity index (χ3n) is 2.46. The maximum atomic E-state index is 11.9. The van der Waals surface area contributed by atoms with E-state index in [2.05, 4.69) is 10.6 Å². The van der Waals surface area contributed by atoms with Gasteiger partial charge in [0.2, 0.25) is 5.91 Å². The second-order valence-electron chi connectivity index (χ2n) is 5.56. The Hall–Kier alpha value is -1.26. The molecule has 0 aliphatic heterocycles. The van der Waals surface area contributed by atoms with Crippen LogP contribution in [0.3, 0.4) is 0 Å². The molecule has 1 amide bonds. The molecule has 0 fully saturated rings. The summed E-state index contributed by atoms with van der Waals surface area (Å²) in [6.45, 7) is 6.21. The highest BCUT2D eigenvalue weighted by Gasteiger charge is 2.18. The van der Waals surface area contributed by atoms with E-state index in [0.717, 1.165) is 5.69 Å². The molecule has 0 spiro atoms. The van der Waals surface area contributed by atoms with Crippen molar-refractivity contribution in [1.82, 2.24) is 5.32 Å². The van der Waals surface area contributed by atoms with Crippen LogP contribution in [-0.2, 0) is 4.79 Å². The lowest BCUT2D eigenvalue weighted by molar-refractivity contribution is -0.122. The van der Waals surface area contributed by atoms with Gasteiger partial charge < -0.3 is 16.4 Å². The molecule has 1 aromatic carbocycles. The van der Waals surface area contributed by atoms with E-state index in [1.165, 1.54) is 0 Å². The first-order chi connectivity index (χ1) is 8.81. The molecule has 0 saturated heterocycles. The molecule has 0 saturated carbocycles. The summed E-state index contributed by atoms with van der Waals surface area (Å²) in [6, 6.07) is 7.27. The fraction of sp³-hybridized carbons (Fsp3) is 0.500. The zero-order valence-electron chi connectivity index (χ0n) is 11.7. The van der Waals surface area contributed by atoms with Gasteiger partial charge in [0, 0.05) is 24.5 Å². The summed E-state index contributed by atoms with van der Waals surface area (Å²) < 4.78 is 0. The zero-order chi connectivity index (χ0) is 14.5. The lowest BCUT2D eigenvalue weighted by Crippen LogP contribution is -2.44. The van der Waals surface area contributed by atoms with E-state index in [9.17, 15) is 4.79 Å². The van der Waals surface area contributed by atoms with Crippen LogP contribution in [0.25, 0.3) is 0 Å². The number of hydrogen-bond acceptors (Lipinski definition) is 3. The smallest absolute Gasteiger partial charge is 0.222 e. The quantitative estimate of drug-likeness (QED) is 0.777. The fourth-order valence-corrected chi connectivity index (χ4v) is 1.87. The predicted molar refractivity (Wildman–Crippen MR) is 80.4 cm³/mol. The molecule has 19 heavy (non-hydrogen) atoms. The van der Waals surface area contributed by atoms with Crippen molar-refractivity contribution in [3.05, 3.63) is 29.3 Å². The van der Waals surface area contributed by atoms with Crippen LogP contribution in [-0.4, -0.2) is 24.0 Å². The van der Waals surface area contributed by atoms with E-state index in [1.807, 2.05) is 39.0 Å². The van der Waals surface area contributed by atoms with Crippen molar-refractivity contribution in [3.63, 3.8) is 0 Å². The van der Waals surface area contributed by atoms with Crippen molar-refractivity contribution in [2.24, 2.45) is 5.73 Å². The Bertz CT molecular complexity index is 429. The largest absolute Gasteiger partial charge is 0.379 e. The summed E-state index contributed by atoms with van der Waals surface area (Å²) in [5.74, 6) is -0.0255. The number of rotatable bonds is 5. The monoisotopic (exact) mass is 283 g/mol. The molecule has 4 N–H and O–H groups in total. The molecule has 1 atom stereocenters. The Labute approximate surface area is 119 Å². The van der Waals surface area contributed by atoms with E-state index in [0.29, 0.717) is 18.0 Å². The van der Waals surface area contributed by atoms with Crippen molar-refractivity contribution >= 4 is 23.2 Å². The highest BCUT2D eigenvalue weighted by molar-refractivity contribution is 6.33. The first-order valence-corrected chi connectivity index (χ1v) is 6.72. The van der Waals surface area contributed by atoms with Gasteiger partial charge in [-0.25, -0.2) is 0 Å². The molecule has 1 unspecified atom stereocenters. The van der Waals surface area contributed by atoms with Gasteiger partial charge in [-0.05, 0) is 32.9 Å². The van der Waals surface area contributed by atoms with Crippen molar-refractivity contribution in [2.45, 2.75) is 38.8 Å². The molecule has 0 aliphatic rings. The van der Waals surface area contributed by atoms with E-state index < -0.39 is 0 Å².